The zero-order valence-electron chi connectivity index (χ0n) is 12.2. The summed E-state index contributed by atoms with van der Waals surface area (Å²) in [6.07, 6.45) is 1.58. The molecule has 3 heterocycles. The summed E-state index contributed by atoms with van der Waals surface area (Å²) < 4.78 is 26.7. The molecule has 0 fully saturated rings. The minimum absolute atomic E-state index is 0.0484. The van der Waals surface area contributed by atoms with Gasteiger partial charge in [-0.3, -0.25) is 9.59 Å². The Balaban J connectivity index is 1.91. The van der Waals surface area contributed by atoms with Crippen LogP contribution >= 0.6 is 11.3 Å². The molecule has 0 saturated carbocycles. The summed E-state index contributed by atoms with van der Waals surface area (Å²) in [7, 11) is -2.24. The molecule has 0 aliphatic carbocycles. The largest absolute Gasteiger partial charge is 0.354 e. The lowest BCUT2D eigenvalue weighted by molar-refractivity contribution is 0.0967. The number of carbonyl (C=O) groups is 1. The van der Waals surface area contributed by atoms with E-state index in [9.17, 15) is 18.0 Å². The van der Waals surface area contributed by atoms with Crippen LogP contribution in [0.5, 0.6) is 0 Å². The number of aromatic nitrogens is 2. The molecule has 3 rings (SSSR count). The molecular formula is C13H14N4O4S2. The number of amides is 1. The van der Waals surface area contributed by atoms with Crippen molar-refractivity contribution in [2.75, 3.05) is 13.6 Å². The standard InChI is InChI=1S/C13H14N4O4S2/c1-14-13(19)11-4-8(6-22-11)23(20,21)17-3-2-9-10(5-17)15-7-16-12(9)18/h4,6-7H,2-3,5H2,1H3,(H,14,19)(H,15,16,18). The van der Waals surface area contributed by atoms with Crippen molar-refractivity contribution in [2.24, 2.45) is 0 Å². The number of thiophene rings is 1. The first-order valence-electron chi connectivity index (χ1n) is 6.79. The van der Waals surface area contributed by atoms with Gasteiger partial charge in [-0.2, -0.15) is 4.31 Å². The average Bonchev–Trinajstić information content (AvgIpc) is 3.05. The Hall–Kier alpha value is -2.04. The third-order valence-corrected chi connectivity index (χ3v) is 6.54. The molecule has 0 spiro atoms. The zero-order chi connectivity index (χ0) is 16.6. The van der Waals surface area contributed by atoms with Gasteiger partial charge in [-0.05, 0) is 12.5 Å². The van der Waals surface area contributed by atoms with E-state index in [1.165, 1.54) is 29.1 Å². The van der Waals surface area contributed by atoms with E-state index in [2.05, 4.69) is 15.3 Å². The van der Waals surface area contributed by atoms with Gasteiger partial charge in [0.2, 0.25) is 10.0 Å². The number of hydrogen-bond acceptors (Lipinski definition) is 6. The van der Waals surface area contributed by atoms with E-state index in [0.717, 1.165) is 11.3 Å². The highest BCUT2D eigenvalue weighted by Crippen LogP contribution is 2.26. The Labute approximate surface area is 136 Å². The van der Waals surface area contributed by atoms with Gasteiger partial charge in [-0.25, -0.2) is 13.4 Å². The summed E-state index contributed by atoms with van der Waals surface area (Å²) in [4.78, 5) is 30.2. The summed E-state index contributed by atoms with van der Waals surface area (Å²) in [6, 6.07) is 1.36. The summed E-state index contributed by atoms with van der Waals surface area (Å²) in [5, 5.41) is 3.90. The van der Waals surface area contributed by atoms with Crippen molar-refractivity contribution in [1.29, 1.82) is 0 Å². The predicted molar refractivity (Wildman–Crippen MR) is 83.9 cm³/mol. The topological polar surface area (TPSA) is 112 Å². The molecule has 8 nitrogen and oxygen atoms in total. The SMILES string of the molecule is CNC(=O)c1cc(S(=O)(=O)N2CCc3c(nc[nH]c3=O)C2)cs1. The van der Waals surface area contributed by atoms with E-state index in [0.29, 0.717) is 22.6 Å². The molecule has 1 aliphatic rings. The maximum atomic E-state index is 12.7. The van der Waals surface area contributed by atoms with Gasteiger partial charge in [-0.15, -0.1) is 11.3 Å². The lowest BCUT2D eigenvalue weighted by Gasteiger charge is -2.26. The van der Waals surface area contributed by atoms with E-state index in [1.54, 1.807) is 0 Å². The summed E-state index contributed by atoms with van der Waals surface area (Å²) in [6.45, 7) is 0.252. The fraction of sp³-hybridized carbons (Fsp3) is 0.308. The van der Waals surface area contributed by atoms with Crippen LogP contribution in [-0.2, 0) is 23.0 Å². The van der Waals surface area contributed by atoms with Gasteiger partial charge in [0.1, 0.15) is 0 Å². The van der Waals surface area contributed by atoms with E-state index in [-0.39, 0.29) is 29.5 Å². The molecule has 0 unspecified atom stereocenters. The Bertz CT molecular complexity index is 916. The van der Waals surface area contributed by atoms with Crippen molar-refractivity contribution in [2.45, 2.75) is 17.9 Å². The van der Waals surface area contributed by atoms with E-state index < -0.39 is 10.0 Å². The van der Waals surface area contributed by atoms with Gasteiger partial charge in [0.15, 0.2) is 0 Å². The van der Waals surface area contributed by atoms with Gasteiger partial charge in [0.25, 0.3) is 11.5 Å². The Kier molecular flexibility index (Phi) is 4.04. The second kappa shape index (κ2) is 5.87. The van der Waals surface area contributed by atoms with E-state index in [1.807, 2.05) is 0 Å². The number of aromatic amines is 1. The molecule has 1 aliphatic heterocycles. The number of nitrogens with one attached hydrogen (secondary N) is 2. The fourth-order valence-corrected chi connectivity index (χ4v) is 5.00. The number of fused-ring (bicyclic) bond motifs is 1. The van der Waals surface area contributed by atoms with Gasteiger partial charge in [0, 0.05) is 24.5 Å². The molecule has 10 heteroatoms. The van der Waals surface area contributed by atoms with Crippen LogP contribution in [0.1, 0.15) is 20.9 Å². The van der Waals surface area contributed by atoms with Crippen LogP contribution in [-0.4, -0.2) is 42.2 Å². The maximum absolute atomic E-state index is 12.7. The molecule has 23 heavy (non-hydrogen) atoms. The summed E-state index contributed by atoms with van der Waals surface area (Å²) in [5.41, 5.74) is 0.755. The van der Waals surface area contributed by atoms with Crippen LogP contribution in [0.25, 0.3) is 0 Å². The molecule has 122 valence electrons. The number of rotatable bonds is 3. The summed E-state index contributed by atoms with van der Waals surface area (Å²) >= 11 is 1.07. The van der Waals surface area contributed by atoms with Crippen molar-refractivity contribution in [3.8, 4) is 0 Å². The highest BCUT2D eigenvalue weighted by atomic mass is 32.2. The van der Waals surface area contributed by atoms with Gasteiger partial charge in [0.05, 0.1) is 28.3 Å². The Morgan fingerprint density at radius 2 is 2.26 bits per heavy atom. The molecule has 1 amide bonds. The van der Waals surface area contributed by atoms with Crippen molar-refractivity contribution in [3.05, 3.63) is 44.3 Å². The quantitative estimate of drug-likeness (QED) is 0.802. The number of carbonyl (C=O) groups excluding carboxylic acids is 1. The highest BCUT2D eigenvalue weighted by molar-refractivity contribution is 7.89. The van der Waals surface area contributed by atoms with Crippen LogP contribution in [0.3, 0.4) is 0 Å². The lowest BCUT2D eigenvalue weighted by atomic mass is 10.1. The Morgan fingerprint density at radius 1 is 1.48 bits per heavy atom. The molecule has 0 saturated heterocycles. The van der Waals surface area contributed by atoms with Crippen LogP contribution in [0.4, 0.5) is 0 Å². The van der Waals surface area contributed by atoms with Crippen molar-refractivity contribution in [1.82, 2.24) is 19.6 Å². The second-order valence-corrected chi connectivity index (χ2v) is 7.82. The molecule has 2 N–H and O–H groups in total. The average molecular weight is 354 g/mol. The van der Waals surface area contributed by atoms with Crippen LogP contribution in [0, 0.1) is 0 Å². The number of sulfonamides is 1. The molecule has 0 bridgehead atoms. The summed E-state index contributed by atoms with van der Waals surface area (Å²) in [5.74, 6) is -0.325. The first-order valence-corrected chi connectivity index (χ1v) is 9.11. The third-order valence-electron chi connectivity index (χ3n) is 3.64. The van der Waals surface area contributed by atoms with Gasteiger partial charge >= 0.3 is 0 Å². The molecule has 0 radical (unpaired) electrons. The fourth-order valence-electron chi connectivity index (χ4n) is 2.39. The van der Waals surface area contributed by atoms with Crippen molar-refractivity contribution >= 4 is 27.3 Å². The first-order chi connectivity index (χ1) is 10.9. The van der Waals surface area contributed by atoms with Crippen molar-refractivity contribution in [3.63, 3.8) is 0 Å². The molecule has 2 aromatic heterocycles. The maximum Gasteiger partial charge on any atom is 0.261 e. The predicted octanol–water partition coefficient (Wildman–Crippen LogP) is -0.0620. The smallest absolute Gasteiger partial charge is 0.261 e. The molecular weight excluding hydrogens is 340 g/mol. The van der Waals surface area contributed by atoms with Crippen LogP contribution < -0.4 is 10.9 Å². The van der Waals surface area contributed by atoms with Gasteiger partial charge in [-0.1, -0.05) is 0 Å². The van der Waals surface area contributed by atoms with Crippen LogP contribution in [0.15, 0.2) is 27.5 Å². The Morgan fingerprint density at radius 3 is 3.00 bits per heavy atom. The molecule has 0 atom stereocenters. The zero-order valence-corrected chi connectivity index (χ0v) is 13.8. The lowest BCUT2D eigenvalue weighted by Crippen LogP contribution is -2.38. The minimum atomic E-state index is -3.73. The monoisotopic (exact) mass is 354 g/mol. The third kappa shape index (κ3) is 2.80. The van der Waals surface area contributed by atoms with Crippen LogP contribution in [0.2, 0.25) is 0 Å². The second-order valence-electron chi connectivity index (χ2n) is 4.97. The molecule has 2 aromatic rings. The van der Waals surface area contributed by atoms with E-state index >= 15 is 0 Å². The van der Waals surface area contributed by atoms with Crippen molar-refractivity contribution < 1.29 is 13.2 Å². The normalized spacial score (nSPS) is 15.2. The van der Waals surface area contributed by atoms with Gasteiger partial charge < -0.3 is 10.3 Å². The number of hydrogen-bond donors (Lipinski definition) is 2. The highest BCUT2D eigenvalue weighted by Gasteiger charge is 2.31. The minimum Gasteiger partial charge on any atom is -0.354 e. The van der Waals surface area contributed by atoms with E-state index in [4.69, 9.17) is 0 Å². The first kappa shape index (κ1) is 15.8. The number of nitrogens with zero attached hydrogens (tertiary/aromatic N) is 2. The number of H-pyrrole nitrogens is 1. The molecule has 0 aromatic carbocycles.